The van der Waals surface area contributed by atoms with E-state index in [0.717, 1.165) is 23.3 Å². The summed E-state index contributed by atoms with van der Waals surface area (Å²) >= 11 is 0. The number of ketones is 1. The van der Waals surface area contributed by atoms with Crippen molar-refractivity contribution in [3.63, 3.8) is 0 Å². The minimum absolute atomic E-state index is 0.0998. The highest BCUT2D eigenvalue weighted by atomic mass is 16.5. The number of Topliss-reactive ketones (excluding diaryl/α,β-unsaturated/α-hetero) is 1. The molecule has 0 aliphatic carbocycles. The molecular formula is C30H32N2O4. The van der Waals surface area contributed by atoms with Crippen molar-refractivity contribution in [3.8, 4) is 5.75 Å². The van der Waals surface area contributed by atoms with E-state index in [1.807, 2.05) is 97.9 Å². The number of hydrogen-bond donors (Lipinski definition) is 1. The number of ether oxygens (including phenoxy) is 1. The number of nitrogens with one attached hydrogen (secondary N) is 1. The van der Waals surface area contributed by atoms with Gasteiger partial charge in [0.2, 0.25) is 11.7 Å². The Hall–Kier alpha value is -4.03. The quantitative estimate of drug-likeness (QED) is 0.353. The minimum atomic E-state index is -0.830. The van der Waals surface area contributed by atoms with Crippen LogP contribution in [0.2, 0.25) is 0 Å². The Morgan fingerprint density at radius 3 is 2.28 bits per heavy atom. The van der Waals surface area contributed by atoms with E-state index in [-0.39, 0.29) is 12.6 Å². The SMILES string of the molecule is CCCOc1cccc(C=C2C(C(=O)C=O)NCN2C(=O)CCc2ccccc2)c1.c1ccccc1. The van der Waals surface area contributed by atoms with Crippen molar-refractivity contribution in [1.29, 1.82) is 0 Å². The van der Waals surface area contributed by atoms with E-state index in [4.69, 9.17) is 4.74 Å². The van der Waals surface area contributed by atoms with Crippen molar-refractivity contribution < 1.29 is 19.1 Å². The molecule has 0 aromatic heterocycles. The van der Waals surface area contributed by atoms with E-state index >= 15 is 0 Å². The van der Waals surface area contributed by atoms with Crippen LogP contribution in [0.5, 0.6) is 5.75 Å². The third-order valence-electron chi connectivity index (χ3n) is 5.55. The molecule has 0 saturated carbocycles. The summed E-state index contributed by atoms with van der Waals surface area (Å²) < 4.78 is 5.67. The number of hydrogen-bond acceptors (Lipinski definition) is 5. The molecule has 6 nitrogen and oxygen atoms in total. The maximum Gasteiger partial charge on any atom is 0.228 e. The van der Waals surface area contributed by atoms with Crippen LogP contribution in [0.3, 0.4) is 0 Å². The lowest BCUT2D eigenvalue weighted by molar-refractivity contribution is -0.130. The zero-order chi connectivity index (χ0) is 25.6. The smallest absolute Gasteiger partial charge is 0.228 e. The van der Waals surface area contributed by atoms with Gasteiger partial charge >= 0.3 is 0 Å². The second-order valence-corrected chi connectivity index (χ2v) is 8.27. The normalized spacial score (nSPS) is 15.6. The van der Waals surface area contributed by atoms with E-state index < -0.39 is 11.8 Å². The van der Waals surface area contributed by atoms with Crippen molar-refractivity contribution in [1.82, 2.24) is 10.2 Å². The molecule has 1 aliphatic rings. The molecule has 36 heavy (non-hydrogen) atoms. The second-order valence-electron chi connectivity index (χ2n) is 8.27. The molecule has 186 valence electrons. The Morgan fingerprint density at radius 2 is 1.64 bits per heavy atom. The van der Waals surface area contributed by atoms with Crippen molar-refractivity contribution in [2.45, 2.75) is 32.2 Å². The summed E-state index contributed by atoms with van der Waals surface area (Å²) in [6.07, 6.45) is 3.88. The predicted molar refractivity (Wildman–Crippen MR) is 141 cm³/mol. The molecule has 1 N–H and O–H groups in total. The van der Waals surface area contributed by atoms with Crippen molar-refractivity contribution in [3.05, 3.63) is 108 Å². The van der Waals surface area contributed by atoms with Crippen LogP contribution in [0.1, 0.15) is 30.9 Å². The van der Waals surface area contributed by atoms with E-state index in [2.05, 4.69) is 5.32 Å². The molecule has 0 radical (unpaired) electrons. The zero-order valence-corrected chi connectivity index (χ0v) is 20.5. The molecule has 1 unspecified atom stereocenters. The third-order valence-corrected chi connectivity index (χ3v) is 5.55. The second kappa shape index (κ2) is 14.4. The molecule has 1 aliphatic heterocycles. The summed E-state index contributed by atoms with van der Waals surface area (Å²) in [5, 5.41) is 2.98. The van der Waals surface area contributed by atoms with Gasteiger partial charge in [-0.1, -0.05) is 85.8 Å². The molecule has 3 aromatic rings. The molecule has 0 bridgehead atoms. The average molecular weight is 485 g/mol. The van der Waals surface area contributed by atoms with Crippen molar-refractivity contribution in [2.24, 2.45) is 0 Å². The number of benzene rings is 3. The van der Waals surface area contributed by atoms with Gasteiger partial charge in [-0.25, -0.2) is 0 Å². The number of amides is 1. The van der Waals surface area contributed by atoms with Crippen LogP contribution in [0.15, 0.2) is 96.7 Å². The molecular weight excluding hydrogens is 452 g/mol. The molecule has 1 atom stereocenters. The van der Waals surface area contributed by atoms with Gasteiger partial charge in [-0.15, -0.1) is 0 Å². The predicted octanol–water partition coefficient (Wildman–Crippen LogP) is 4.66. The lowest BCUT2D eigenvalue weighted by atomic mass is 10.1. The van der Waals surface area contributed by atoms with Gasteiger partial charge in [0, 0.05) is 12.1 Å². The van der Waals surface area contributed by atoms with Gasteiger partial charge in [-0.05, 0) is 42.2 Å². The van der Waals surface area contributed by atoms with Gasteiger partial charge in [0.15, 0.2) is 6.29 Å². The average Bonchev–Trinajstić information content (AvgIpc) is 3.35. The van der Waals surface area contributed by atoms with Crippen molar-refractivity contribution in [2.75, 3.05) is 13.3 Å². The summed E-state index contributed by atoms with van der Waals surface area (Å²) in [7, 11) is 0. The number of nitrogens with zero attached hydrogens (tertiary/aromatic N) is 1. The highest BCUT2D eigenvalue weighted by molar-refractivity contribution is 6.28. The third kappa shape index (κ3) is 8.03. The monoisotopic (exact) mass is 484 g/mol. The van der Waals surface area contributed by atoms with Gasteiger partial charge in [-0.3, -0.25) is 19.7 Å². The van der Waals surface area contributed by atoms with Crippen LogP contribution in [0.4, 0.5) is 0 Å². The molecule has 1 fully saturated rings. The van der Waals surface area contributed by atoms with Crippen molar-refractivity contribution >= 4 is 24.1 Å². The number of carbonyl (C=O) groups is 3. The fraction of sp³-hybridized carbons (Fsp3) is 0.233. The summed E-state index contributed by atoms with van der Waals surface area (Å²) in [6.45, 7) is 2.83. The fourth-order valence-electron chi connectivity index (χ4n) is 3.74. The lowest BCUT2D eigenvalue weighted by Crippen LogP contribution is -2.32. The largest absolute Gasteiger partial charge is 0.494 e. The van der Waals surface area contributed by atoms with E-state index in [1.54, 1.807) is 11.0 Å². The summed E-state index contributed by atoms with van der Waals surface area (Å²) in [4.78, 5) is 37.7. The number of aryl methyl sites for hydroxylation is 1. The van der Waals surface area contributed by atoms with Gasteiger partial charge in [0.1, 0.15) is 11.8 Å². The van der Waals surface area contributed by atoms with E-state index in [9.17, 15) is 14.4 Å². The first-order valence-corrected chi connectivity index (χ1v) is 12.1. The Kier molecular flexibility index (Phi) is 10.6. The molecule has 4 rings (SSSR count). The zero-order valence-electron chi connectivity index (χ0n) is 20.5. The summed E-state index contributed by atoms with van der Waals surface area (Å²) in [5.74, 6) is 0.0209. The van der Waals surface area contributed by atoms with E-state index in [0.29, 0.717) is 31.4 Å². The number of aldehydes is 1. The van der Waals surface area contributed by atoms with Gasteiger partial charge in [0.25, 0.3) is 0 Å². The molecule has 1 saturated heterocycles. The number of rotatable bonds is 9. The molecule has 1 amide bonds. The van der Waals surface area contributed by atoms with Gasteiger partial charge in [0.05, 0.1) is 13.3 Å². The fourth-order valence-corrected chi connectivity index (χ4v) is 3.74. The summed E-state index contributed by atoms with van der Waals surface area (Å²) in [5.41, 5.74) is 2.36. The topological polar surface area (TPSA) is 75.7 Å². The first-order valence-electron chi connectivity index (χ1n) is 12.1. The Morgan fingerprint density at radius 1 is 0.972 bits per heavy atom. The highest BCUT2D eigenvalue weighted by Gasteiger charge is 2.35. The standard InChI is InChI=1S/C24H26N2O4.C6H6/c1-2-13-30-20-10-6-9-19(14-20)15-21-24(22(28)16-27)25-17-26(21)23(29)12-11-18-7-4-3-5-8-18;1-2-4-6-5-3-1/h3-10,14-16,24-25H,2,11-13,17H2,1H3;1-6H. The minimum Gasteiger partial charge on any atom is -0.494 e. The van der Waals surface area contributed by atoms with Crippen LogP contribution in [-0.4, -0.2) is 42.2 Å². The lowest BCUT2D eigenvalue weighted by Gasteiger charge is -2.19. The first kappa shape index (κ1) is 26.6. The summed E-state index contributed by atoms with van der Waals surface area (Å²) in [6, 6.07) is 28.4. The molecule has 0 spiro atoms. The maximum absolute atomic E-state index is 12.9. The Bertz CT molecular complexity index is 1120. The maximum atomic E-state index is 12.9. The van der Waals surface area contributed by atoms with Crippen LogP contribution >= 0.6 is 0 Å². The number of carbonyl (C=O) groups excluding carboxylic acids is 3. The van der Waals surface area contributed by atoms with Crippen LogP contribution < -0.4 is 10.1 Å². The van der Waals surface area contributed by atoms with Crippen LogP contribution in [-0.2, 0) is 20.8 Å². The van der Waals surface area contributed by atoms with Crippen LogP contribution in [0.25, 0.3) is 6.08 Å². The first-order chi connectivity index (χ1) is 17.6. The van der Waals surface area contributed by atoms with E-state index in [1.165, 1.54) is 0 Å². The Labute approximate surface area is 212 Å². The molecule has 3 aromatic carbocycles. The van der Waals surface area contributed by atoms with Crippen LogP contribution in [0, 0.1) is 0 Å². The Balaban J connectivity index is 0.000000526. The van der Waals surface area contributed by atoms with Gasteiger partial charge in [-0.2, -0.15) is 0 Å². The highest BCUT2D eigenvalue weighted by Crippen LogP contribution is 2.23. The van der Waals surface area contributed by atoms with Gasteiger partial charge < -0.3 is 9.64 Å². The molecule has 6 heteroatoms. The molecule has 1 heterocycles.